The number of aromatic nitrogens is 3. The lowest BCUT2D eigenvalue weighted by molar-refractivity contribution is 0.343. The number of halogens is 1. The fourth-order valence-corrected chi connectivity index (χ4v) is 5.34. The van der Waals surface area contributed by atoms with Crippen molar-refractivity contribution in [1.29, 1.82) is 0 Å². The van der Waals surface area contributed by atoms with Gasteiger partial charge in [-0.05, 0) is 30.7 Å². The number of nitrogens with zero attached hydrogens (tertiary/aromatic N) is 3. The molecule has 1 atom stereocenters. The number of benzene rings is 1. The highest BCUT2D eigenvalue weighted by atomic mass is 32.2. The molecule has 140 valence electrons. The van der Waals surface area contributed by atoms with E-state index in [0.717, 1.165) is 0 Å². The van der Waals surface area contributed by atoms with Crippen molar-refractivity contribution in [2.24, 2.45) is 0 Å². The van der Waals surface area contributed by atoms with E-state index >= 15 is 0 Å². The van der Waals surface area contributed by atoms with Gasteiger partial charge >= 0.3 is 0 Å². The second-order valence-corrected chi connectivity index (χ2v) is 9.28. The van der Waals surface area contributed by atoms with Crippen molar-refractivity contribution in [3.8, 4) is 5.75 Å². The summed E-state index contributed by atoms with van der Waals surface area (Å²) in [5, 5.41) is 9.15. The SMILES string of the molecule is C=CCn1c(SCCOc2ccc(F)cc2)nnc1[C@H]1CCS(=O)(=O)C1. The minimum Gasteiger partial charge on any atom is -0.493 e. The highest BCUT2D eigenvalue weighted by Crippen LogP contribution is 2.30. The maximum absolute atomic E-state index is 12.9. The number of hydrogen-bond donors (Lipinski definition) is 0. The Bertz CT molecular complexity index is 866. The Balaban J connectivity index is 1.60. The fraction of sp³-hybridized carbons (Fsp3) is 0.412. The van der Waals surface area contributed by atoms with Gasteiger partial charge in [0.1, 0.15) is 17.4 Å². The molecule has 6 nitrogen and oxygen atoms in total. The molecule has 0 bridgehead atoms. The van der Waals surface area contributed by atoms with Crippen LogP contribution in [-0.2, 0) is 16.4 Å². The van der Waals surface area contributed by atoms with E-state index in [1.807, 2.05) is 4.57 Å². The third kappa shape index (κ3) is 4.64. The van der Waals surface area contributed by atoms with Crippen molar-refractivity contribution < 1.29 is 17.5 Å². The van der Waals surface area contributed by atoms with E-state index in [2.05, 4.69) is 16.8 Å². The van der Waals surface area contributed by atoms with Crippen molar-refractivity contribution in [1.82, 2.24) is 14.8 Å². The number of hydrogen-bond acceptors (Lipinski definition) is 6. The normalized spacial score (nSPS) is 18.7. The zero-order valence-corrected chi connectivity index (χ0v) is 15.8. The van der Waals surface area contributed by atoms with Crippen LogP contribution in [0.15, 0.2) is 42.1 Å². The van der Waals surface area contributed by atoms with Gasteiger partial charge in [-0.25, -0.2) is 12.8 Å². The van der Waals surface area contributed by atoms with Gasteiger partial charge < -0.3 is 9.30 Å². The Labute approximate surface area is 156 Å². The average molecular weight is 397 g/mol. The molecule has 0 radical (unpaired) electrons. The van der Waals surface area contributed by atoms with Crippen LogP contribution in [0.5, 0.6) is 5.75 Å². The van der Waals surface area contributed by atoms with E-state index in [-0.39, 0.29) is 23.2 Å². The first kappa shape index (κ1) is 18.9. The highest BCUT2D eigenvalue weighted by molar-refractivity contribution is 7.99. The molecule has 0 unspecified atom stereocenters. The molecule has 0 amide bonds. The zero-order chi connectivity index (χ0) is 18.6. The van der Waals surface area contributed by atoms with Gasteiger partial charge in [-0.15, -0.1) is 16.8 Å². The van der Waals surface area contributed by atoms with Gasteiger partial charge in [-0.1, -0.05) is 17.8 Å². The lowest BCUT2D eigenvalue weighted by Crippen LogP contribution is -2.11. The van der Waals surface area contributed by atoms with Gasteiger partial charge in [0.05, 0.1) is 18.1 Å². The molecular formula is C17H20FN3O3S2. The minimum atomic E-state index is -2.98. The second kappa shape index (κ2) is 8.22. The molecule has 1 fully saturated rings. The van der Waals surface area contributed by atoms with Gasteiger partial charge in [0.25, 0.3) is 0 Å². The predicted molar refractivity (Wildman–Crippen MR) is 98.8 cm³/mol. The molecule has 0 spiro atoms. The molecule has 1 aromatic carbocycles. The Hall–Kier alpha value is -1.87. The zero-order valence-electron chi connectivity index (χ0n) is 14.2. The first-order valence-corrected chi connectivity index (χ1v) is 11.0. The Morgan fingerprint density at radius 1 is 1.35 bits per heavy atom. The van der Waals surface area contributed by atoms with Gasteiger partial charge in [0.2, 0.25) is 0 Å². The summed E-state index contributed by atoms with van der Waals surface area (Å²) in [6.07, 6.45) is 2.32. The maximum Gasteiger partial charge on any atom is 0.191 e. The molecule has 0 aliphatic carbocycles. The van der Waals surface area contributed by atoms with Crippen molar-refractivity contribution in [3.05, 3.63) is 48.6 Å². The molecule has 1 aromatic heterocycles. The number of allylic oxidation sites excluding steroid dienone is 1. The quantitative estimate of drug-likeness (QED) is 0.387. The van der Waals surface area contributed by atoms with Crippen molar-refractivity contribution >= 4 is 21.6 Å². The molecule has 0 N–H and O–H groups in total. The van der Waals surface area contributed by atoms with Crippen LogP contribution in [0.1, 0.15) is 18.2 Å². The van der Waals surface area contributed by atoms with Crippen molar-refractivity contribution in [3.63, 3.8) is 0 Å². The highest BCUT2D eigenvalue weighted by Gasteiger charge is 2.33. The predicted octanol–water partition coefficient (Wildman–Crippen LogP) is 2.68. The summed E-state index contributed by atoms with van der Waals surface area (Å²) < 4.78 is 43.8. The molecule has 1 aliphatic rings. The molecular weight excluding hydrogens is 377 g/mol. The summed E-state index contributed by atoms with van der Waals surface area (Å²) in [4.78, 5) is 0. The average Bonchev–Trinajstić information content (AvgIpc) is 3.17. The van der Waals surface area contributed by atoms with Crippen LogP contribution in [-0.4, -0.2) is 47.0 Å². The number of rotatable bonds is 8. The fourth-order valence-electron chi connectivity index (χ4n) is 2.83. The van der Waals surface area contributed by atoms with E-state index < -0.39 is 9.84 Å². The first-order valence-electron chi connectivity index (χ1n) is 8.24. The lowest BCUT2D eigenvalue weighted by Gasteiger charge is -2.11. The van der Waals surface area contributed by atoms with E-state index in [9.17, 15) is 12.8 Å². The molecule has 2 heterocycles. The van der Waals surface area contributed by atoms with E-state index in [1.54, 1.807) is 18.2 Å². The van der Waals surface area contributed by atoms with Crippen LogP contribution in [0.3, 0.4) is 0 Å². The smallest absolute Gasteiger partial charge is 0.191 e. The molecule has 9 heteroatoms. The van der Waals surface area contributed by atoms with Crippen LogP contribution in [0.4, 0.5) is 4.39 Å². The van der Waals surface area contributed by atoms with Crippen LogP contribution in [0, 0.1) is 5.82 Å². The van der Waals surface area contributed by atoms with Gasteiger partial charge in [0.15, 0.2) is 15.0 Å². The minimum absolute atomic E-state index is 0.114. The summed E-state index contributed by atoms with van der Waals surface area (Å²) in [5.41, 5.74) is 0. The summed E-state index contributed by atoms with van der Waals surface area (Å²) >= 11 is 1.48. The third-order valence-electron chi connectivity index (χ3n) is 4.05. The Kier molecular flexibility index (Phi) is 5.98. The van der Waals surface area contributed by atoms with Crippen LogP contribution < -0.4 is 4.74 Å². The monoisotopic (exact) mass is 397 g/mol. The Morgan fingerprint density at radius 3 is 2.77 bits per heavy atom. The summed E-state index contributed by atoms with van der Waals surface area (Å²) in [6.45, 7) is 4.72. The summed E-state index contributed by atoms with van der Waals surface area (Å²) in [5.74, 6) is 1.86. The Morgan fingerprint density at radius 2 is 2.12 bits per heavy atom. The summed E-state index contributed by atoms with van der Waals surface area (Å²) in [6, 6.07) is 5.87. The van der Waals surface area contributed by atoms with Gasteiger partial charge in [0, 0.05) is 18.2 Å². The second-order valence-electron chi connectivity index (χ2n) is 5.99. The number of sulfone groups is 1. The van der Waals surface area contributed by atoms with E-state index in [1.165, 1.54) is 23.9 Å². The first-order chi connectivity index (χ1) is 12.5. The largest absolute Gasteiger partial charge is 0.493 e. The van der Waals surface area contributed by atoms with Crippen LogP contribution >= 0.6 is 11.8 Å². The van der Waals surface area contributed by atoms with E-state index in [4.69, 9.17) is 4.74 Å². The number of ether oxygens (including phenoxy) is 1. The topological polar surface area (TPSA) is 74.1 Å². The molecule has 0 saturated carbocycles. The molecule has 1 aliphatic heterocycles. The molecule has 26 heavy (non-hydrogen) atoms. The standard InChI is InChI=1S/C17H20FN3O3S2/c1-2-8-21-16(13-7-11-26(22,23)12-13)19-20-17(21)25-10-9-24-15-5-3-14(18)4-6-15/h2-6,13H,1,7-12H2/t13-/m0/s1. The van der Waals surface area contributed by atoms with E-state index in [0.29, 0.717) is 42.1 Å². The van der Waals surface area contributed by atoms with Crippen molar-refractivity contribution in [2.75, 3.05) is 23.9 Å². The number of thioether (sulfide) groups is 1. The van der Waals surface area contributed by atoms with Crippen molar-refractivity contribution in [2.45, 2.75) is 24.0 Å². The summed E-state index contributed by atoms with van der Waals surface area (Å²) in [7, 11) is -2.98. The third-order valence-corrected chi connectivity index (χ3v) is 6.75. The molecule has 2 aromatic rings. The molecule has 3 rings (SSSR count). The van der Waals surface area contributed by atoms with Crippen LogP contribution in [0.2, 0.25) is 0 Å². The lowest BCUT2D eigenvalue weighted by atomic mass is 10.1. The van der Waals surface area contributed by atoms with Gasteiger partial charge in [-0.3, -0.25) is 0 Å². The van der Waals surface area contributed by atoms with Gasteiger partial charge in [-0.2, -0.15) is 0 Å². The van der Waals surface area contributed by atoms with Crippen LogP contribution in [0.25, 0.3) is 0 Å². The maximum atomic E-state index is 12.9. The molecule has 1 saturated heterocycles.